The maximum absolute atomic E-state index is 12.1. The molecule has 0 aliphatic carbocycles. The van der Waals surface area contributed by atoms with E-state index in [0.717, 1.165) is 21.9 Å². The van der Waals surface area contributed by atoms with Gasteiger partial charge in [0.1, 0.15) is 0 Å². The van der Waals surface area contributed by atoms with Crippen LogP contribution < -0.4 is 5.43 Å². The second-order valence-electron chi connectivity index (χ2n) is 5.57. The van der Waals surface area contributed by atoms with Crippen LogP contribution in [0.25, 0.3) is 10.8 Å². The van der Waals surface area contributed by atoms with E-state index in [-0.39, 0.29) is 5.91 Å². The van der Waals surface area contributed by atoms with Crippen LogP contribution in [0.5, 0.6) is 0 Å². The Labute approximate surface area is 135 Å². The number of carbonyl (C=O) groups is 1. The Bertz CT molecular complexity index is 892. The highest BCUT2D eigenvalue weighted by Crippen LogP contribution is 2.16. The fourth-order valence-corrected chi connectivity index (χ4v) is 2.47. The van der Waals surface area contributed by atoms with Gasteiger partial charge in [0.15, 0.2) is 0 Å². The van der Waals surface area contributed by atoms with Gasteiger partial charge in [-0.15, -0.1) is 0 Å². The second kappa shape index (κ2) is 6.44. The molecule has 23 heavy (non-hydrogen) atoms. The Morgan fingerprint density at radius 1 is 0.957 bits per heavy atom. The van der Waals surface area contributed by atoms with Crippen LogP contribution in [0, 0.1) is 13.8 Å². The summed E-state index contributed by atoms with van der Waals surface area (Å²) in [7, 11) is 0. The first-order chi connectivity index (χ1) is 11.1. The van der Waals surface area contributed by atoms with Gasteiger partial charge in [-0.2, -0.15) is 5.10 Å². The zero-order chi connectivity index (χ0) is 16.2. The van der Waals surface area contributed by atoms with Crippen molar-refractivity contribution < 1.29 is 4.79 Å². The molecule has 3 heteroatoms. The number of benzene rings is 3. The largest absolute Gasteiger partial charge is 0.271 e. The standard InChI is InChI=1S/C20H18N2O/c1-14-10-11-17(12-15(14)2)20(23)22-21-13-18-8-5-7-16-6-3-4-9-19(16)18/h3-13H,1-2H3,(H,22,23). The van der Waals surface area contributed by atoms with Crippen molar-refractivity contribution in [1.82, 2.24) is 5.43 Å². The van der Waals surface area contributed by atoms with E-state index in [2.05, 4.69) is 22.7 Å². The predicted octanol–water partition coefficient (Wildman–Crippen LogP) is 4.22. The number of hydrogen-bond acceptors (Lipinski definition) is 2. The summed E-state index contributed by atoms with van der Waals surface area (Å²) in [6, 6.07) is 19.7. The van der Waals surface area contributed by atoms with E-state index in [1.54, 1.807) is 6.21 Å². The molecular formula is C20H18N2O. The highest BCUT2D eigenvalue weighted by Gasteiger charge is 2.05. The summed E-state index contributed by atoms with van der Waals surface area (Å²) >= 11 is 0. The summed E-state index contributed by atoms with van der Waals surface area (Å²) < 4.78 is 0. The molecule has 0 bridgehead atoms. The molecule has 3 aromatic rings. The lowest BCUT2D eigenvalue weighted by molar-refractivity contribution is 0.0955. The molecule has 1 N–H and O–H groups in total. The SMILES string of the molecule is Cc1ccc(C(=O)NN=Cc2cccc3ccccc23)cc1C. The van der Waals surface area contributed by atoms with Crippen molar-refractivity contribution >= 4 is 22.9 Å². The van der Waals surface area contributed by atoms with Gasteiger partial charge in [-0.05, 0) is 47.9 Å². The minimum Gasteiger partial charge on any atom is -0.267 e. The number of rotatable bonds is 3. The number of nitrogens with one attached hydrogen (secondary N) is 1. The summed E-state index contributed by atoms with van der Waals surface area (Å²) in [5, 5.41) is 6.36. The maximum Gasteiger partial charge on any atom is 0.271 e. The summed E-state index contributed by atoms with van der Waals surface area (Å²) in [4.78, 5) is 12.1. The van der Waals surface area contributed by atoms with Crippen molar-refractivity contribution in [1.29, 1.82) is 0 Å². The smallest absolute Gasteiger partial charge is 0.267 e. The van der Waals surface area contributed by atoms with Crippen LogP contribution in [0.15, 0.2) is 65.8 Å². The predicted molar refractivity (Wildman–Crippen MR) is 94.9 cm³/mol. The first kappa shape index (κ1) is 15.0. The van der Waals surface area contributed by atoms with Crippen LogP contribution in [0.4, 0.5) is 0 Å². The Hall–Kier alpha value is -2.94. The third-order valence-electron chi connectivity index (χ3n) is 3.96. The third-order valence-corrected chi connectivity index (χ3v) is 3.96. The molecule has 3 rings (SSSR count). The molecule has 0 aliphatic rings. The van der Waals surface area contributed by atoms with Gasteiger partial charge in [0.25, 0.3) is 5.91 Å². The lowest BCUT2D eigenvalue weighted by Gasteiger charge is -2.04. The Morgan fingerprint density at radius 3 is 2.57 bits per heavy atom. The summed E-state index contributed by atoms with van der Waals surface area (Å²) in [5.41, 5.74) is 6.44. The van der Waals surface area contributed by atoms with Crippen molar-refractivity contribution in [3.8, 4) is 0 Å². The van der Waals surface area contributed by atoms with Gasteiger partial charge in [-0.3, -0.25) is 4.79 Å². The molecule has 0 radical (unpaired) electrons. The molecule has 114 valence electrons. The molecular weight excluding hydrogens is 284 g/mol. The van der Waals surface area contributed by atoms with E-state index in [1.807, 2.05) is 62.4 Å². The van der Waals surface area contributed by atoms with E-state index in [4.69, 9.17) is 0 Å². The lowest BCUT2D eigenvalue weighted by atomic mass is 10.1. The van der Waals surface area contributed by atoms with Gasteiger partial charge in [0.2, 0.25) is 0 Å². The molecule has 0 saturated carbocycles. The number of hydrazone groups is 1. The zero-order valence-corrected chi connectivity index (χ0v) is 13.2. The minimum atomic E-state index is -0.204. The van der Waals surface area contributed by atoms with E-state index >= 15 is 0 Å². The zero-order valence-electron chi connectivity index (χ0n) is 13.2. The van der Waals surface area contributed by atoms with E-state index < -0.39 is 0 Å². The van der Waals surface area contributed by atoms with E-state index in [0.29, 0.717) is 5.56 Å². The molecule has 3 aromatic carbocycles. The van der Waals surface area contributed by atoms with Gasteiger partial charge in [-0.25, -0.2) is 5.43 Å². The maximum atomic E-state index is 12.1. The van der Waals surface area contributed by atoms with Crippen LogP contribution in [0.1, 0.15) is 27.0 Å². The number of hydrogen-bond donors (Lipinski definition) is 1. The topological polar surface area (TPSA) is 41.5 Å². The van der Waals surface area contributed by atoms with Crippen molar-refractivity contribution in [2.75, 3.05) is 0 Å². The second-order valence-corrected chi connectivity index (χ2v) is 5.57. The normalized spacial score (nSPS) is 11.0. The first-order valence-electron chi connectivity index (χ1n) is 7.53. The van der Waals surface area contributed by atoms with Crippen LogP contribution in [-0.2, 0) is 0 Å². The molecule has 0 saturated heterocycles. The van der Waals surface area contributed by atoms with Crippen LogP contribution in [-0.4, -0.2) is 12.1 Å². The number of carbonyl (C=O) groups excluding carboxylic acids is 1. The van der Waals surface area contributed by atoms with Crippen molar-refractivity contribution in [2.24, 2.45) is 5.10 Å². The molecule has 0 heterocycles. The molecule has 0 fully saturated rings. The molecule has 0 aromatic heterocycles. The van der Waals surface area contributed by atoms with Gasteiger partial charge >= 0.3 is 0 Å². The van der Waals surface area contributed by atoms with Crippen LogP contribution in [0.3, 0.4) is 0 Å². The highest BCUT2D eigenvalue weighted by molar-refractivity contribution is 6.00. The van der Waals surface area contributed by atoms with Gasteiger partial charge in [0.05, 0.1) is 6.21 Å². The van der Waals surface area contributed by atoms with Gasteiger partial charge < -0.3 is 0 Å². The number of amides is 1. The van der Waals surface area contributed by atoms with Crippen molar-refractivity contribution in [3.63, 3.8) is 0 Å². The Kier molecular flexibility index (Phi) is 4.20. The highest BCUT2D eigenvalue weighted by atomic mass is 16.2. The van der Waals surface area contributed by atoms with Crippen LogP contribution in [0.2, 0.25) is 0 Å². The summed E-state index contributed by atoms with van der Waals surface area (Å²) in [6.07, 6.45) is 1.68. The number of aryl methyl sites for hydroxylation is 2. The molecule has 0 atom stereocenters. The quantitative estimate of drug-likeness (QED) is 0.571. The van der Waals surface area contributed by atoms with Gasteiger partial charge in [-0.1, -0.05) is 48.5 Å². The fourth-order valence-electron chi connectivity index (χ4n) is 2.47. The molecule has 3 nitrogen and oxygen atoms in total. The lowest BCUT2D eigenvalue weighted by Crippen LogP contribution is -2.17. The molecule has 1 amide bonds. The minimum absolute atomic E-state index is 0.204. The molecule has 0 unspecified atom stereocenters. The number of fused-ring (bicyclic) bond motifs is 1. The first-order valence-corrected chi connectivity index (χ1v) is 7.53. The van der Waals surface area contributed by atoms with Crippen molar-refractivity contribution in [2.45, 2.75) is 13.8 Å². The molecule has 0 aliphatic heterocycles. The average molecular weight is 302 g/mol. The van der Waals surface area contributed by atoms with E-state index in [1.165, 1.54) is 5.56 Å². The third kappa shape index (κ3) is 3.29. The summed E-state index contributed by atoms with van der Waals surface area (Å²) in [5.74, 6) is -0.204. The van der Waals surface area contributed by atoms with Crippen LogP contribution >= 0.6 is 0 Å². The Balaban J connectivity index is 1.77. The van der Waals surface area contributed by atoms with Gasteiger partial charge in [0, 0.05) is 11.1 Å². The monoisotopic (exact) mass is 302 g/mol. The van der Waals surface area contributed by atoms with Crippen molar-refractivity contribution in [3.05, 3.63) is 82.9 Å². The molecule has 0 spiro atoms. The Morgan fingerprint density at radius 2 is 1.74 bits per heavy atom. The van der Waals surface area contributed by atoms with E-state index in [9.17, 15) is 4.79 Å². The number of nitrogens with zero attached hydrogens (tertiary/aromatic N) is 1. The fraction of sp³-hybridized carbons (Fsp3) is 0.100. The average Bonchev–Trinajstić information content (AvgIpc) is 2.57. The summed E-state index contributed by atoms with van der Waals surface area (Å²) in [6.45, 7) is 4.02.